The molecule has 0 aliphatic rings. The SMILES string of the molecule is NC(=NO)c1cc(Cl)ccc1Oc1ccc(Cl)c(Cl)c1. The molecule has 0 saturated heterocycles. The zero-order valence-electron chi connectivity index (χ0n) is 9.98. The highest BCUT2D eigenvalue weighted by Crippen LogP contribution is 2.31. The first-order valence-corrected chi connectivity index (χ1v) is 6.55. The van der Waals surface area contributed by atoms with Crippen molar-refractivity contribution in [2.24, 2.45) is 10.9 Å². The van der Waals surface area contributed by atoms with E-state index >= 15 is 0 Å². The average molecular weight is 332 g/mol. The van der Waals surface area contributed by atoms with E-state index in [1.807, 2.05) is 0 Å². The van der Waals surface area contributed by atoms with Gasteiger partial charge >= 0.3 is 0 Å². The van der Waals surface area contributed by atoms with E-state index < -0.39 is 0 Å². The Labute approximate surface area is 130 Å². The minimum Gasteiger partial charge on any atom is -0.457 e. The van der Waals surface area contributed by atoms with E-state index in [0.29, 0.717) is 32.1 Å². The van der Waals surface area contributed by atoms with Crippen molar-refractivity contribution in [2.45, 2.75) is 0 Å². The number of halogens is 3. The predicted octanol–water partition coefficient (Wildman–Crippen LogP) is 4.53. The highest BCUT2D eigenvalue weighted by Gasteiger charge is 2.11. The van der Waals surface area contributed by atoms with Crippen LogP contribution in [-0.4, -0.2) is 11.0 Å². The van der Waals surface area contributed by atoms with E-state index in [1.54, 1.807) is 30.3 Å². The zero-order valence-corrected chi connectivity index (χ0v) is 12.2. The molecule has 3 N–H and O–H groups in total. The van der Waals surface area contributed by atoms with Crippen molar-refractivity contribution in [1.82, 2.24) is 0 Å². The molecule has 2 aromatic rings. The smallest absolute Gasteiger partial charge is 0.173 e. The van der Waals surface area contributed by atoms with Crippen LogP contribution in [0.15, 0.2) is 41.6 Å². The summed E-state index contributed by atoms with van der Waals surface area (Å²) in [7, 11) is 0. The van der Waals surface area contributed by atoms with Crippen molar-refractivity contribution >= 4 is 40.6 Å². The van der Waals surface area contributed by atoms with Crippen molar-refractivity contribution in [2.75, 3.05) is 0 Å². The van der Waals surface area contributed by atoms with E-state index in [-0.39, 0.29) is 5.84 Å². The molecular weight excluding hydrogens is 323 g/mol. The van der Waals surface area contributed by atoms with Gasteiger partial charge < -0.3 is 15.7 Å². The van der Waals surface area contributed by atoms with Gasteiger partial charge in [-0.1, -0.05) is 40.0 Å². The van der Waals surface area contributed by atoms with Crippen molar-refractivity contribution in [3.63, 3.8) is 0 Å². The van der Waals surface area contributed by atoms with Crippen molar-refractivity contribution in [3.8, 4) is 11.5 Å². The minimum atomic E-state index is -0.109. The lowest BCUT2D eigenvalue weighted by atomic mass is 10.2. The van der Waals surface area contributed by atoms with E-state index in [1.165, 1.54) is 6.07 Å². The molecule has 0 aromatic heterocycles. The van der Waals surface area contributed by atoms with E-state index in [4.69, 9.17) is 50.5 Å². The Morgan fingerprint density at radius 3 is 2.45 bits per heavy atom. The molecule has 2 aromatic carbocycles. The largest absolute Gasteiger partial charge is 0.457 e. The molecular formula is C13H9Cl3N2O2. The van der Waals surface area contributed by atoms with Gasteiger partial charge in [-0.15, -0.1) is 0 Å². The van der Waals surface area contributed by atoms with Gasteiger partial charge in [-0.25, -0.2) is 0 Å². The van der Waals surface area contributed by atoms with Crippen LogP contribution >= 0.6 is 34.8 Å². The Kier molecular flexibility index (Phi) is 4.60. The van der Waals surface area contributed by atoms with Crippen LogP contribution < -0.4 is 10.5 Å². The molecule has 0 unspecified atom stereocenters. The van der Waals surface area contributed by atoms with Crippen molar-refractivity contribution in [3.05, 3.63) is 57.0 Å². The number of nitrogens with two attached hydrogens (primary N) is 1. The molecule has 0 spiro atoms. The van der Waals surface area contributed by atoms with Crippen LogP contribution in [0.4, 0.5) is 0 Å². The second kappa shape index (κ2) is 6.22. The fourth-order valence-electron chi connectivity index (χ4n) is 1.51. The van der Waals surface area contributed by atoms with Gasteiger partial charge in [0.15, 0.2) is 5.84 Å². The second-order valence-corrected chi connectivity index (χ2v) is 5.05. The average Bonchev–Trinajstić information content (AvgIpc) is 2.44. The van der Waals surface area contributed by atoms with Gasteiger partial charge in [-0.2, -0.15) is 0 Å². The molecule has 0 fully saturated rings. The lowest BCUT2D eigenvalue weighted by Gasteiger charge is -2.11. The molecule has 104 valence electrons. The summed E-state index contributed by atoms with van der Waals surface area (Å²) in [5.74, 6) is 0.736. The summed E-state index contributed by atoms with van der Waals surface area (Å²) in [6.07, 6.45) is 0. The number of hydrogen-bond donors (Lipinski definition) is 2. The Balaban J connectivity index is 2.40. The molecule has 2 rings (SSSR count). The monoisotopic (exact) mass is 330 g/mol. The Bertz CT molecular complexity index is 675. The number of hydrogen-bond acceptors (Lipinski definition) is 3. The molecule has 4 nitrogen and oxygen atoms in total. The van der Waals surface area contributed by atoms with Crippen LogP contribution in [0.5, 0.6) is 11.5 Å². The zero-order chi connectivity index (χ0) is 14.7. The molecule has 0 radical (unpaired) electrons. The summed E-state index contributed by atoms with van der Waals surface area (Å²) < 4.78 is 5.65. The summed E-state index contributed by atoms with van der Waals surface area (Å²) in [6, 6.07) is 9.59. The van der Waals surface area contributed by atoms with Crippen LogP contribution in [0.2, 0.25) is 15.1 Å². The summed E-state index contributed by atoms with van der Waals surface area (Å²) in [4.78, 5) is 0. The maximum absolute atomic E-state index is 8.78. The van der Waals surface area contributed by atoms with Crippen LogP contribution in [0, 0.1) is 0 Å². The lowest BCUT2D eigenvalue weighted by molar-refractivity contribution is 0.318. The summed E-state index contributed by atoms with van der Waals surface area (Å²) in [6.45, 7) is 0. The first kappa shape index (κ1) is 14.8. The third-order valence-corrected chi connectivity index (χ3v) is 3.42. The summed E-state index contributed by atoms with van der Waals surface area (Å²) in [5, 5.41) is 12.9. The molecule has 0 amide bonds. The van der Waals surface area contributed by atoms with Crippen molar-refractivity contribution < 1.29 is 9.94 Å². The summed E-state index contributed by atoms with van der Waals surface area (Å²) in [5.41, 5.74) is 5.95. The highest BCUT2D eigenvalue weighted by atomic mass is 35.5. The standard InChI is InChI=1S/C13H9Cl3N2O2/c14-7-1-4-12(9(5-7)13(17)18-19)20-8-2-3-10(15)11(16)6-8/h1-6,19H,(H2,17,18). The molecule has 0 atom stereocenters. The Morgan fingerprint density at radius 1 is 1.05 bits per heavy atom. The third-order valence-electron chi connectivity index (χ3n) is 2.44. The maximum Gasteiger partial charge on any atom is 0.173 e. The molecule has 7 heteroatoms. The van der Waals surface area contributed by atoms with Crippen LogP contribution in [0.25, 0.3) is 0 Å². The number of nitrogens with zero attached hydrogens (tertiary/aromatic N) is 1. The summed E-state index contributed by atoms with van der Waals surface area (Å²) >= 11 is 17.6. The van der Waals surface area contributed by atoms with Crippen molar-refractivity contribution in [1.29, 1.82) is 0 Å². The first-order valence-electron chi connectivity index (χ1n) is 5.41. The van der Waals surface area contributed by atoms with Gasteiger partial charge in [0, 0.05) is 11.1 Å². The Morgan fingerprint density at radius 2 is 1.80 bits per heavy atom. The topological polar surface area (TPSA) is 67.8 Å². The van der Waals surface area contributed by atoms with Crippen LogP contribution in [-0.2, 0) is 0 Å². The molecule has 0 bridgehead atoms. The minimum absolute atomic E-state index is 0.109. The van der Waals surface area contributed by atoms with Gasteiger partial charge in [-0.3, -0.25) is 0 Å². The fourth-order valence-corrected chi connectivity index (χ4v) is 1.97. The predicted molar refractivity (Wildman–Crippen MR) is 80.5 cm³/mol. The quantitative estimate of drug-likeness (QED) is 0.376. The number of amidine groups is 1. The number of rotatable bonds is 3. The van der Waals surface area contributed by atoms with Crippen LogP contribution in [0.1, 0.15) is 5.56 Å². The van der Waals surface area contributed by atoms with Crippen LogP contribution in [0.3, 0.4) is 0 Å². The van der Waals surface area contributed by atoms with Gasteiger partial charge in [0.1, 0.15) is 11.5 Å². The van der Waals surface area contributed by atoms with Gasteiger partial charge in [0.05, 0.1) is 15.6 Å². The van der Waals surface area contributed by atoms with Gasteiger partial charge in [0.25, 0.3) is 0 Å². The van der Waals surface area contributed by atoms with E-state index in [0.717, 1.165) is 0 Å². The van der Waals surface area contributed by atoms with E-state index in [2.05, 4.69) is 5.16 Å². The number of benzene rings is 2. The first-order chi connectivity index (χ1) is 9.51. The molecule has 0 saturated carbocycles. The molecule has 0 heterocycles. The highest BCUT2D eigenvalue weighted by molar-refractivity contribution is 6.42. The van der Waals surface area contributed by atoms with E-state index in [9.17, 15) is 0 Å². The fraction of sp³-hybridized carbons (Fsp3) is 0. The lowest BCUT2D eigenvalue weighted by Crippen LogP contribution is -2.14. The normalized spacial score (nSPS) is 11.4. The molecule has 0 aliphatic heterocycles. The molecule has 0 aliphatic carbocycles. The van der Waals surface area contributed by atoms with Gasteiger partial charge in [-0.05, 0) is 30.3 Å². The second-order valence-electron chi connectivity index (χ2n) is 3.80. The molecule has 20 heavy (non-hydrogen) atoms. The third kappa shape index (κ3) is 3.28. The Hall–Kier alpha value is -1.62. The number of oxime groups is 1. The van der Waals surface area contributed by atoms with Gasteiger partial charge in [0.2, 0.25) is 0 Å². The maximum atomic E-state index is 8.78. The number of ether oxygens (including phenoxy) is 1.